The Balaban J connectivity index is 2.77. The van der Waals surface area contributed by atoms with E-state index in [1.807, 2.05) is 0 Å². The average Bonchev–Trinajstić information content (AvgIpc) is 2.35. The molecule has 94 valence electrons. The standard InChI is InChI=1S/C12H17NO4/c1-8(12(13)15)7-17-11-5-10(16-2)4-3-9(11)6-14/h3-5,8,14H,6-7H2,1-2H3,(H2,13,15). The topological polar surface area (TPSA) is 81.8 Å². The summed E-state index contributed by atoms with van der Waals surface area (Å²) in [7, 11) is 1.55. The van der Waals surface area contributed by atoms with E-state index in [0.29, 0.717) is 17.1 Å². The summed E-state index contributed by atoms with van der Waals surface area (Å²) < 4.78 is 10.5. The Bertz CT molecular complexity index is 392. The van der Waals surface area contributed by atoms with Gasteiger partial charge < -0.3 is 20.3 Å². The summed E-state index contributed by atoms with van der Waals surface area (Å²) in [5.74, 6) is 0.329. The first-order valence-electron chi connectivity index (χ1n) is 5.28. The summed E-state index contributed by atoms with van der Waals surface area (Å²) in [6, 6.07) is 5.11. The van der Waals surface area contributed by atoms with Crippen LogP contribution in [0.2, 0.25) is 0 Å². The van der Waals surface area contributed by atoms with Crippen molar-refractivity contribution in [3.05, 3.63) is 23.8 Å². The zero-order valence-corrected chi connectivity index (χ0v) is 9.97. The van der Waals surface area contributed by atoms with Gasteiger partial charge in [0, 0.05) is 11.6 Å². The van der Waals surface area contributed by atoms with E-state index >= 15 is 0 Å². The van der Waals surface area contributed by atoms with Crippen molar-refractivity contribution in [1.29, 1.82) is 0 Å². The number of primary amides is 1. The van der Waals surface area contributed by atoms with Gasteiger partial charge >= 0.3 is 0 Å². The second kappa shape index (κ2) is 6.10. The zero-order valence-electron chi connectivity index (χ0n) is 9.97. The molecule has 0 radical (unpaired) electrons. The van der Waals surface area contributed by atoms with E-state index in [9.17, 15) is 4.79 Å². The number of amides is 1. The highest BCUT2D eigenvalue weighted by atomic mass is 16.5. The minimum Gasteiger partial charge on any atom is -0.497 e. The van der Waals surface area contributed by atoms with Gasteiger partial charge in [-0.15, -0.1) is 0 Å². The molecule has 5 heteroatoms. The van der Waals surface area contributed by atoms with Crippen LogP contribution in [0.25, 0.3) is 0 Å². The number of hydrogen-bond donors (Lipinski definition) is 2. The number of benzene rings is 1. The summed E-state index contributed by atoms with van der Waals surface area (Å²) in [5, 5.41) is 9.14. The molecular weight excluding hydrogens is 222 g/mol. The van der Waals surface area contributed by atoms with Gasteiger partial charge in [0.05, 0.1) is 26.2 Å². The molecule has 5 nitrogen and oxygen atoms in total. The van der Waals surface area contributed by atoms with Crippen LogP contribution in [0.4, 0.5) is 0 Å². The van der Waals surface area contributed by atoms with E-state index in [4.69, 9.17) is 20.3 Å². The Morgan fingerprint density at radius 2 is 2.24 bits per heavy atom. The second-order valence-electron chi connectivity index (χ2n) is 3.75. The molecule has 1 atom stereocenters. The smallest absolute Gasteiger partial charge is 0.223 e. The molecule has 1 rings (SSSR count). The maximum atomic E-state index is 10.9. The molecule has 0 fully saturated rings. The number of carbonyl (C=O) groups is 1. The van der Waals surface area contributed by atoms with Crippen molar-refractivity contribution in [2.45, 2.75) is 13.5 Å². The number of nitrogens with two attached hydrogens (primary N) is 1. The van der Waals surface area contributed by atoms with Crippen molar-refractivity contribution in [2.24, 2.45) is 11.7 Å². The minimum absolute atomic E-state index is 0.135. The van der Waals surface area contributed by atoms with Crippen LogP contribution in [0.3, 0.4) is 0 Å². The van der Waals surface area contributed by atoms with Crippen LogP contribution in [0.5, 0.6) is 11.5 Å². The zero-order chi connectivity index (χ0) is 12.8. The summed E-state index contributed by atoms with van der Waals surface area (Å²) in [5.41, 5.74) is 5.77. The highest BCUT2D eigenvalue weighted by molar-refractivity contribution is 5.76. The Hall–Kier alpha value is -1.75. The molecule has 0 saturated heterocycles. The van der Waals surface area contributed by atoms with E-state index in [2.05, 4.69) is 0 Å². The molecule has 0 heterocycles. The average molecular weight is 239 g/mol. The molecule has 1 unspecified atom stereocenters. The van der Waals surface area contributed by atoms with Crippen LogP contribution in [0.1, 0.15) is 12.5 Å². The second-order valence-corrected chi connectivity index (χ2v) is 3.75. The first kappa shape index (κ1) is 13.3. The fourth-order valence-electron chi connectivity index (χ4n) is 1.22. The molecule has 1 amide bonds. The van der Waals surface area contributed by atoms with Gasteiger partial charge in [0.25, 0.3) is 0 Å². The van der Waals surface area contributed by atoms with Crippen molar-refractivity contribution in [3.63, 3.8) is 0 Å². The molecule has 0 aliphatic heterocycles. The van der Waals surface area contributed by atoms with Crippen LogP contribution in [-0.4, -0.2) is 24.7 Å². The van der Waals surface area contributed by atoms with E-state index in [-0.39, 0.29) is 19.1 Å². The monoisotopic (exact) mass is 239 g/mol. The van der Waals surface area contributed by atoms with E-state index < -0.39 is 5.91 Å². The van der Waals surface area contributed by atoms with Crippen LogP contribution in [-0.2, 0) is 11.4 Å². The van der Waals surface area contributed by atoms with Gasteiger partial charge in [0.2, 0.25) is 5.91 Å². The Kier molecular flexibility index (Phi) is 4.78. The summed E-state index contributed by atoms with van der Waals surface area (Å²) in [6.45, 7) is 1.72. The van der Waals surface area contributed by atoms with Gasteiger partial charge in [-0.05, 0) is 12.1 Å². The van der Waals surface area contributed by atoms with E-state index in [1.165, 1.54) is 0 Å². The number of ether oxygens (including phenoxy) is 2. The van der Waals surface area contributed by atoms with E-state index in [1.54, 1.807) is 32.2 Å². The first-order valence-corrected chi connectivity index (χ1v) is 5.28. The summed E-state index contributed by atoms with van der Waals surface area (Å²) in [6.07, 6.45) is 0. The van der Waals surface area contributed by atoms with Gasteiger partial charge in [0.1, 0.15) is 11.5 Å². The van der Waals surface area contributed by atoms with Gasteiger partial charge in [-0.1, -0.05) is 6.92 Å². The predicted octanol–water partition coefficient (Wildman–Crippen LogP) is 0.688. The van der Waals surface area contributed by atoms with Crippen molar-refractivity contribution < 1.29 is 19.4 Å². The summed E-state index contributed by atoms with van der Waals surface area (Å²) in [4.78, 5) is 10.9. The number of rotatable bonds is 6. The lowest BCUT2D eigenvalue weighted by Crippen LogP contribution is -2.26. The van der Waals surface area contributed by atoms with Crippen molar-refractivity contribution in [2.75, 3.05) is 13.7 Å². The third-order valence-corrected chi connectivity index (χ3v) is 2.42. The number of aliphatic hydroxyl groups is 1. The Morgan fingerprint density at radius 1 is 1.53 bits per heavy atom. The van der Waals surface area contributed by atoms with Crippen LogP contribution >= 0.6 is 0 Å². The van der Waals surface area contributed by atoms with Crippen LogP contribution < -0.4 is 15.2 Å². The molecule has 3 N–H and O–H groups in total. The van der Waals surface area contributed by atoms with Gasteiger partial charge in [-0.3, -0.25) is 4.79 Å². The largest absolute Gasteiger partial charge is 0.497 e. The fourth-order valence-corrected chi connectivity index (χ4v) is 1.22. The number of carbonyl (C=O) groups excluding carboxylic acids is 1. The molecule has 17 heavy (non-hydrogen) atoms. The Labute approximate surface area is 100 Å². The maximum Gasteiger partial charge on any atom is 0.223 e. The third-order valence-electron chi connectivity index (χ3n) is 2.42. The molecule has 0 aliphatic carbocycles. The van der Waals surface area contributed by atoms with Gasteiger partial charge in [-0.2, -0.15) is 0 Å². The molecule has 1 aromatic carbocycles. The number of aliphatic hydroxyl groups excluding tert-OH is 1. The third kappa shape index (κ3) is 3.64. The van der Waals surface area contributed by atoms with Crippen LogP contribution in [0, 0.1) is 5.92 Å². The molecule has 0 saturated carbocycles. The highest BCUT2D eigenvalue weighted by Gasteiger charge is 2.11. The first-order chi connectivity index (χ1) is 8.08. The van der Waals surface area contributed by atoms with Crippen molar-refractivity contribution >= 4 is 5.91 Å². The lowest BCUT2D eigenvalue weighted by molar-refractivity contribution is -0.122. The minimum atomic E-state index is -0.418. The Morgan fingerprint density at radius 3 is 2.76 bits per heavy atom. The molecule has 1 aromatic rings. The van der Waals surface area contributed by atoms with E-state index in [0.717, 1.165) is 0 Å². The molecule has 0 spiro atoms. The normalized spacial score (nSPS) is 11.9. The van der Waals surface area contributed by atoms with Crippen molar-refractivity contribution in [1.82, 2.24) is 0 Å². The molecule has 0 aromatic heterocycles. The SMILES string of the molecule is COc1ccc(CO)c(OCC(C)C(N)=O)c1. The van der Waals surface area contributed by atoms with Crippen LogP contribution in [0.15, 0.2) is 18.2 Å². The number of methoxy groups -OCH3 is 1. The van der Waals surface area contributed by atoms with Gasteiger partial charge in [-0.25, -0.2) is 0 Å². The van der Waals surface area contributed by atoms with Gasteiger partial charge in [0.15, 0.2) is 0 Å². The fraction of sp³-hybridized carbons (Fsp3) is 0.417. The number of hydrogen-bond acceptors (Lipinski definition) is 4. The molecule has 0 aliphatic rings. The quantitative estimate of drug-likeness (QED) is 0.765. The van der Waals surface area contributed by atoms with Crippen molar-refractivity contribution in [3.8, 4) is 11.5 Å². The molecular formula is C12H17NO4. The maximum absolute atomic E-state index is 10.9. The summed E-state index contributed by atoms with van der Waals surface area (Å²) >= 11 is 0. The lowest BCUT2D eigenvalue weighted by Gasteiger charge is -2.13. The predicted molar refractivity (Wildman–Crippen MR) is 62.8 cm³/mol. The lowest BCUT2D eigenvalue weighted by atomic mass is 10.2. The highest BCUT2D eigenvalue weighted by Crippen LogP contribution is 2.25. The molecule has 0 bridgehead atoms.